The second-order valence-electron chi connectivity index (χ2n) is 15.3. The number of hydrogen-bond donors (Lipinski definition) is 0. The van der Waals surface area contributed by atoms with Gasteiger partial charge < -0.3 is 4.90 Å². The molecule has 2 heteroatoms. The number of nitrogens with zero attached hydrogens (tertiary/aromatic N) is 2. The summed E-state index contributed by atoms with van der Waals surface area (Å²) in [5.74, 6) is 0. The Morgan fingerprint density at radius 3 is 2.00 bits per heavy atom. The van der Waals surface area contributed by atoms with E-state index in [2.05, 4.69) is 154 Å². The van der Waals surface area contributed by atoms with Crippen molar-refractivity contribution in [1.29, 1.82) is 0 Å². The van der Waals surface area contributed by atoms with Crippen LogP contribution in [0.5, 0.6) is 0 Å². The average molecular weight is 694 g/mol. The van der Waals surface area contributed by atoms with Crippen molar-refractivity contribution >= 4 is 38.6 Å². The van der Waals surface area contributed by atoms with Gasteiger partial charge >= 0.3 is 0 Å². The SMILES string of the molecule is CC.CC.CCCCCCCN1/C(=C/C=C2C=C(/C=C/C3=[N+](C)c4ccc5ccccc5c4C3(C)C)CCC/2)C(C)(C)c2c1ccc1ccccc21. The molecule has 0 radical (unpaired) electrons. The third kappa shape index (κ3) is 7.50. The Balaban J connectivity index is 0.00000126. The van der Waals surface area contributed by atoms with Crippen LogP contribution in [-0.2, 0) is 10.8 Å². The first-order valence-electron chi connectivity index (χ1n) is 20.4. The Labute approximate surface area is 316 Å². The Hall–Kier alpha value is -4.17. The highest BCUT2D eigenvalue weighted by molar-refractivity contribution is 6.07. The minimum atomic E-state index is -0.0632. The van der Waals surface area contributed by atoms with Crippen LogP contribution >= 0.6 is 0 Å². The predicted octanol–water partition coefficient (Wildman–Crippen LogP) is 14.3. The topological polar surface area (TPSA) is 6.25 Å². The Morgan fingerprint density at radius 2 is 1.31 bits per heavy atom. The molecule has 0 unspecified atom stereocenters. The van der Waals surface area contributed by atoms with Crippen LogP contribution in [0.1, 0.15) is 125 Å². The molecule has 2 nitrogen and oxygen atoms in total. The van der Waals surface area contributed by atoms with Gasteiger partial charge in [0.25, 0.3) is 0 Å². The van der Waals surface area contributed by atoms with E-state index < -0.39 is 0 Å². The molecule has 2 aliphatic heterocycles. The van der Waals surface area contributed by atoms with E-state index >= 15 is 0 Å². The molecule has 274 valence electrons. The van der Waals surface area contributed by atoms with Crippen LogP contribution in [0.4, 0.5) is 11.4 Å². The van der Waals surface area contributed by atoms with E-state index in [-0.39, 0.29) is 10.8 Å². The average Bonchev–Trinajstić information content (AvgIpc) is 3.52. The maximum Gasteiger partial charge on any atom is 0.210 e. The summed E-state index contributed by atoms with van der Waals surface area (Å²) in [6, 6.07) is 27.0. The van der Waals surface area contributed by atoms with Crippen molar-refractivity contribution < 1.29 is 4.58 Å². The summed E-state index contributed by atoms with van der Waals surface area (Å²) < 4.78 is 2.41. The lowest BCUT2D eigenvalue weighted by molar-refractivity contribution is -0.401. The number of allylic oxidation sites excluding steroid dienone is 8. The van der Waals surface area contributed by atoms with Crippen LogP contribution in [-0.4, -0.2) is 23.9 Å². The van der Waals surface area contributed by atoms with Crippen LogP contribution in [0.25, 0.3) is 21.5 Å². The van der Waals surface area contributed by atoms with Crippen molar-refractivity contribution in [2.45, 2.75) is 125 Å². The Morgan fingerprint density at radius 1 is 0.673 bits per heavy atom. The first kappa shape index (κ1) is 39.0. The normalized spacial score (nSPS) is 18.7. The lowest BCUT2D eigenvalue weighted by atomic mass is 9.79. The molecule has 4 aromatic carbocycles. The van der Waals surface area contributed by atoms with Gasteiger partial charge in [0.05, 0.1) is 5.41 Å². The zero-order valence-electron chi connectivity index (χ0n) is 34.1. The smallest absolute Gasteiger partial charge is 0.210 e. The first-order valence-corrected chi connectivity index (χ1v) is 20.4. The third-order valence-electron chi connectivity index (χ3n) is 11.3. The van der Waals surface area contributed by atoms with Gasteiger partial charge in [-0.15, -0.1) is 0 Å². The van der Waals surface area contributed by atoms with Crippen LogP contribution in [0.3, 0.4) is 0 Å². The van der Waals surface area contributed by atoms with E-state index in [0.29, 0.717) is 0 Å². The second kappa shape index (κ2) is 17.1. The summed E-state index contributed by atoms with van der Waals surface area (Å²) >= 11 is 0. The summed E-state index contributed by atoms with van der Waals surface area (Å²) in [6.45, 7) is 21.0. The monoisotopic (exact) mass is 694 g/mol. The van der Waals surface area contributed by atoms with E-state index in [4.69, 9.17) is 0 Å². The van der Waals surface area contributed by atoms with Crippen molar-refractivity contribution in [2.24, 2.45) is 0 Å². The molecule has 7 rings (SSSR count). The lowest BCUT2D eigenvalue weighted by Gasteiger charge is -2.27. The largest absolute Gasteiger partial charge is 0.344 e. The molecule has 0 fully saturated rings. The Kier molecular flexibility index (Phi) is 12.8. The molecule has 0 saturated carbocycles. The van der Waals surface area contributed by atoms with Gasteiger partial charge in [-0.3, -0.25) is 0 Å². The number of fused-ring (bicyclic) bond motifs is 6. The molecule has 0 spiro atoms. The number of anilines is 1. The van der Waals surface area contributed by atoms with Gasteiger partial charge in [-0.2, -0.15) is 4.58 Å². The molecule has 0 bridgehead atoms. The fourth-order valence-corrected chi connectivity index (χ4v) is 8.86. The zero-order valence-corrected chi connectivity index (χ0v) is 34.1. The molecule has 1 aliphatic carbocycles. The van der Waals surface area contributed by atoms with Crippen LogP contribution < -0.4 is 4.90 Å². The number of benzene rings is 4. The highest BCUT2D eigenvalue weighted by Gasteiger charge is 2.44. The maximum absolute atomic E-state index is 2.65. The van der Waals surface area contributed by atoms with Gasteiger partial charge in [0, 0.05) is 41.1 Å². The van der Waals surface area contributed by atoms with Crippen molar-refractivity contribution in [3.05, 3.63) is 131 Å². The second-order valence-corrected chi connectivity index (χ2v) is 15.3. The number of hydrogen-bond acceptors (Lipinski definition) is 1. The summed E-state index contributed by atoms with van der Waals surface area (Å²) in [6.07, 6.45) is 22.1. The molecule has 4 aromatic rings. The molecular formula is C50H65N2+. The lowest BCUT2D eigenvalue weighted by Crippen LogP contribution is -2.27. The molecule has 0 saturated heterocycles. The fraction of sp³-hybridized carbons (Fsp3) is 0.420. The summed E-state index contributed by atoms with van der Waals surface area (Å²) in [5.41, 5.74) is 11.2. The zero-order chi connectivity index (χ0) is 37.5. The van der Waals surface area contributed by atoms with Crippen molar-refractivity contribution in [1.82, 2.24) is 0 Å². The van der Waals surface area contributed by atoms with Gasteiger partial charge in [0.2, 0.25) is 5.69 Å². The van der Waals surface area contributed by atoms with E-state index in [1.807, 2.05) is 27.7 Å². The summed E-state index contributed by atoms with van der Waals surface area (Å²) in [5, 5.41) is 5.41. The van der Waals surface area contributed by atoms with Crippen LogP contribution in [0.2, 0.25) is 0 Å². The number of unbranched alkanes of at least 4 members (excludes halogenated alkanes) is 4. The fourth-order valence-electron chi connectivity index (χ4n) is 8.86. The molecule has 0 aromatic heterocycles. The van der Waals surface area contributed by atoms with Crippen molar-refractivity contribution in [2.75, 3.05) is 18.5 Å². The van der Waals surface area contributed by atoms with Gasteiger partial charge in [-0.25, -0.2) is 0 Å². The minimum Gasteiger partial charge on any atom is -0.344 e. The third-order valence-corrected chi connectivity index (χ3v) is 11.3. The molecule has 52 heavy (non-hydrogen) atoms. The molecule has 0 N–H and O–H groups in total. The van der Waals surface area contributed by atoms with Crippen LogP contribution in [0, 0.1) is 0 Å². The van der Waals surface area contributed by atoms with Crippen LogP contribution in [0.15, 0.2) is 120 Å². The Bertz CT molecular complexity index is 2030. The first-order chi connectivity index (χ1) is 25.2. The molecule has 0 amide bonds. The van der Waals surface area contributed by atoms with E-state index in [1.54, 1.807) is 0 Å². The highest BCUT2D eigenvalue weighted by Crippen LogP contribution is 2.51. The van der Waals surface area contributed by atoms with E-state index in [0.717, 1.165) is 19.4 Å². The van der Waals surface area contributed by atoms with Crippen molar-refractivity contribution in [3.8, 4) is 0 Å². The summed E-state index contributed by atoms with van der Waals surface area (Å²) in [4.78, 5) is 2.65. The molecular weight excluding hydrogens is 629 g/mol. The van der Waals surface area contributed by atoms with E-state index in [9.17, 15) is 0 Å². The van der Waals surface area contributed by atoms with E-state index in [1.165, 1.54) is 105 Å². The molecule has 0 atom stereocenters. The van der Waals surface area contributed by atoms with Gasteiger partial charge in [-0.05, 0) is 96.0 Å². The van der Waals surface area contributed by atoms with Gasteiger partial charge in [-0.1, -0.05) is 147 Å². The highest BCUT2D eigenvalue weighted by atomic mass is 15.2. The van der Waals surface area contributed by atoms with Crippen molar-refractivity contribution in [3.63, 3.8) is 0 Å². The predicted molar refractivity (Wildman–Crippen MR) is 231 cm³/mol. The minimum absolute atomic E-state index is 0.0625. The quantitative estimate of drug-likeness (QED) is 0.125. The summed E-state index contributed by atoms with van der Waals surface area (Å²) in [7, 11) is 2.23. The number of rotatable bonds is 9. The molecule has 2 heterocycles. The molecule has 3 aliphatic rings. The van der Waals surface area contributed by atoms with Gasteiger partial charge in [0.15, 0.2) is 5.71 Å². The van der Waals surface area contributed by atoms with Gasteiger partial charge in [0.1, 0.15) is 7.05 Å². The maximum atomic E-state index is 2.65. The standard InChI is InChI=1S/C46H53N2.2C2H6/c1-7-8-9-10-15-31-48-40-28-26-36-20-12-14-22-38(36)44(40)46(4,5)42(48)30-24-34-18-16-17-33(32-34)23-29-41-45(2,3)43-37-21-13-11-19-35(37)25-27-39(43)47(41)6;2*1-2/h11-14,19-30,32H,7-10,15-18,31H2,1-6H3;2*1-2H3/q+1;;.